The number of anilines is 1. The van der Waals surface area contributed by atoms with Gasteiger partial charge in [-0.1, -0.05) is 84.8 Å². The molecule has 3 aromatic rings. The number of nitrogens with zero attached hydrogens (tertiary/aromatic N) is 2. The van der Waals surface area contributed by atoms with Crippen molar-refractivity contribution in [1.82, 2.24) is 10.2 Å². The van der Waals surface area contributed by atoms with E-state index >= 15 is 0 Å². The summed E-state index contributed by atoms with van der Waals surface area (Å²) < 4.78 is 27.1. The fraction of sp³-hybridized carbons (Fsp3) is 0.355. The summed E-state index contributed by atoms with van der Waals surface area (Å²) in [7, 11) is -3.83. The third-order valence-electron chi connectivity index (χ3n) is 6.87. The fourth-order valence-corrected chi connectivity index (χ4v) is 5.59. The smallest absolute Gasteiger partial charge is 0.244 e. The summed E-state index contributed by atoms with van der Waals surface area (Å²) >= 11 is 6.49. The molecule has 2 amide bonds. The lowest BCUT2D eigenvalue weighted by atomic mass is 10.0. The highest BCUT2D eigenvalue weighted by atomic mass is 35.5. The van der Waals surface area contributed by atoms with Gasteiger partial charge in [0.05, 0.1) is 11.9 Å². The van der Waals surface area contributed by atoms with E-state index in [2.05, 4.69) is 5.32 Å². The Bertz CT molecular complexity index is 1430. The van der Waals surface area contributed by atoms with Crippen molar-refractivity contribution in [1.29, 1.82) is 0 Å². The summed E-state index contributed by atoms with van der Waals surface area (Å²) in [6.45, 7) is 7.18. The van der Waals surface area contributed by atoms with Crippen LogP contribution in [-0.4, -0.2) is 50.0 Å². The molecular weight excluding hydrogens is 546 g/mol. The fourth-order valence-electron chi connectivity index (χ4n) is 4.49. The van der Waals surface area contributed by atoms with Gasteiger partial charge in [-0.3, -0.25) is 13.9 Å². The van der Waals surface area contributed by atoms with Crippen LogP contribution in [0.1, 0.15) is 42.5 Å². The van der Waals surface area contributed by atoms with E-state index in [0.29, 0.717) is 16.3 Å². The number of benzene rings is 3. The molecule has 0 bridgehead atoms. The Morgan fingerprint density at radius 2 is 1.62 bits per heavy atom. The summed E-state index contributed by atoms with van der Waals surface area (Å²) in [4.78, 5) is 29.3. The van der Waals surface area contributed by atoms with Crippen LogP contribution in [0.2, 0.25) is 5.02 Å². The van der Waals surface area contributed by atoms with Crippen LogP contribution in [0.5, 0.6) is 0 Å². The van der Waals surface area contributed by atoms with Crippen molar-refractivity contribution in [3.63, 3.8) is 0 Å². The van der Waals surface area contributed by atoms with Crippen LogP contribution in [0.15, 0.2) is 72.8 Å². The molecule has 0 aliphatic carbocycles. The van der Waals surface area contributed by atoms with E-state index in [1.807, 2.05) is 76.2 Å². The molecule has 3 rings (SSSR count). The number of hydrogen-bond donors (Lipinski definition) is 1. The van der Waals surface area contributed by atoms with Crippen molar-refractivity contribution < 1.29 is 18.0 Å². The summed E-state index contributed by atoms with van der Waals surface area (Å²) in [5.41, 5.74) is 3.66. The lowest BCUT2D eigenvalue weighted by Crippen LogP contribution is -2.54. The molecule has 0 aliphatic heterocycles. The van der Waals surface area contributed by atoms with E-state index in [1.54, 1.807) is 24.3 Å². The molecule has 0 spiro atoms. The number of amides is 2. The second kappa shape index (κ2) is 13.8. The van der Waals surface area contributed by atoms with Gasteiger partial charge in [-0.15, -0.1) is 0 Å². The van der Waals surface area contributed by atoms with Crippen LogP contribution >= 0.6 is 11.6 Å². The molecule has 7 nitrogen and oxygen atoms in total. The Labute approximate surface area is 243 Å². The lowest BCUT2D eigenvalue weighted by Gasteiger charge is -2.34. The van der Waals surface area contributed by atoms with E-state index in [0.717, 1.165) is 33.7 Å². The number of carbonyl (C=O) groups is 2. The SMILES string of the molecule is CCC(C)NC(=O)C(Cc1ccccc1)N(Cc1ccccc1Cl)C(=O)CN(c1ccc(C)cc1C)S(C)(=O)=O. The van der Waals surface area contributed by atoms with Crippen molar-refractivity contribution in [2.75, 3.05) is 17.1 Å². The quantitative estimate of drug-likeness (QED) is 0.314. The molecule has 0 aromatic heterocycles. The molecule has 9 heteroatoms. The normalized spacial score (nSPS) is 12.8. The van der Waals surface area contributed by atoms with Gasteiger partial charge < -0.3 is 10.2 Å². The number of aryl methyl sites for hydroxylation is 2. The number of hydrogen-bond acceptors (Lipinski definition) is 4. The first-order valence-corrected chi connectivity index (χ1v) is 15.6. The predicted molar refractivity (Wildman–Crippen MR) is 162 cm³/mol. The molecule has 0 fully saturated rings. The van der Waals surface area contributed by atoms with Crippen LogP contribution < -0.4 is 9.62 Å². The molecular formula is C31H38ClN3O4S. The third kappa shape index (κ3) is 8.32. The van der Waals surface area contributed by atoms with E-state index in [9.17, 15) is 18.0 Å². The number of sulfonamides is 1. The number of rotatable bonds is 12. The van der Waals surface area contributed by atoms with Gasteiger partial charge in [0.15, 0.2) is 0 Å². The van der Waals surface area contributed by atoms with Crippen LogP contribution in [-0.2, 0) is 32.6 Å². The Morgan fingerprint density at radius 3 is 2.23 bits per heavy atom. The average molecular weight is 584 g/mol. The van der Waals surface area contributed by atoms with E-state index in [4.69, 9.17) is 11.6 Å². The Hall–Kier alpha value is -3.36. The van der Waals surface area contributed by atoms with Crippen molar-refractivity contribution in [3.05, 3.63) is 100 Å². The van der Waals surface area contributed by atoms with Gasteiger partial charge in [-0.2, -0.15) is 0 Å². The van der Waals surface area contributed by atoms with Gasteiger partial charge in [0.25, 0.3) is 0 Å². The number of halogens is 1. The van der Waals surface area contributed by atoms with Crippen LogP contribution in [0.25, 0.3) is 0 Å². The Morgan fingerprint density at radius 1 is 0.975 bits per heavy atom. The van der Waals surface area contributed by atoms with Gasteiger partial charge >= 0.3 is 0 Å². The molecule has 1 N–H and O–H groups in total. The predicted octanol–water partition coefficient (Wildman–Crippen LogP) is 5.28. The largest absolute Gasteiger partial charge is 0.352 e. The molecule has 2 unspecified atom stereocenters. The van der Waals surface area contributed by atoms with Crippen LogP contribution in [0.4, 0.5) is 5.69 Å². The highest BCUT2D eigenvalue weighted by molar-refractivity contribution is 7.92. The van der Waals surface area contributed by atoms with E-state index in [-0.39, 0.29) is 24.9 Å². The Balaban J connectivity index is 2.09. The maximum atomic E-state index is 14.2. The highest BCUT2D eigenvalue weighted by Gasteiger charge is 2.34. The van der Waals surface area contributed by atoms with Crippen molar-refractivity contribution in [3.8, 4) is 0 Å². The van der Waals surface area contributed by atoms with E-state index < -0.39 is 28.5 Å². The summed E-state index contributed by atoms with van der Waals surface area (Å²) in [6, 6.07) is 21.0. The second-order valence-corrected chi connectivity index (χ2v) is 12.5. The topological polar surface area (TPSA) is 86.8 Å². The molecule has 214 valence electrons. The van der Waals surface area contributed by atoms with Crippen LogP contribution in [0, 0.1) is 13.8 Å². The number of carbonyl (C=O) groups excluding carboxylic acids is 2. The summed E-state index contributed by atoms with van der Waals surface area (Å²) in [6.07, 6.45) is 2.05. The molecule has 2 atom stereocenters. The van der Waals surface area contributed by atoms with Crippen molar-refractivity contribution in [2.24, 2.45) is 0 Å². The average Bonchev–Trinajstić information content (AvgIpc) is 2.90. The van der Waals surface area contributed by atoms with E-state index in [1.165, 1.54) is 4.90 Å². The second-order valence-electron chi connectivity index (χ2n) is 10.2. The molecule has 3 aromatic carbocycles. The third-order valence-corrected chi connectivity index (χ3v) is 8.37. The number of nitrogens with one attached hydrogen (secondary N) is 1. The molecule has 0 radical (unpaired) electrons. The van der Waals surface area contributed by atoms with Gasteiger partial charge in [0.1, 0.15) is 12.6 Å². The molecule has 0 heterocycles. The minimum Gasteiger partial charge on any atom is -0.352 e. The molecule has 0 aliphatic rings. The van der Waals surface area contributed by atoms with Gasteiger partial charge in [0.2, 0.25) is 21.8 Å². The summed E-state index contributed by atoms with van der Waals surface area (Å²) in [5, 5.41) is 3.47. The summed E-state index contributed by atoms with van der Waals surface area (Å²) in [5.74, 6) is -0.818. The first-order chi connectivity index (χ1) is 18.9. The highest BCUT2D eigenvalue weighted by Crippen LogP contribution is 2.25. The monoisotopic (exact) mass is 583 g/mol. The molecule has 0 saturated carbocycles. The standard InChI is InChI=1S/C31H38ClN3O4S/c1-6-24(4)33-31(37)29(19-25-12-8-7-9-13-25)34(20-26-14-10-11-15-27(26)32)30(36)21-35(40(5,38)39)28-17-16-22(2)18-23(28)3/h7-18,24,29H,6,19-21H2,1-5H3,(H,33,37). The van der Waals surface area contributed by atoms with Crippen LogP contribution in [0.3, 0.4) is 0 Å². The van der Waals surface area contributed by atoms with Gasteiger partial charge in [0, 0.05) is 24.0 Å². The van der Waals surface area contributed by atoms with Gasteiger partial charge in [-0.25, -0.2) is 8.42 Å². The maximum Gasteiger partial charge on any atom is 0.244 e. The zero-order valence-electron chi connectivity index (χ0n) is 23.7. The van der Waals surface area contributed by atoms with Gasteiger partial charge in [-0.05, 0) is 56.0 Å². The zero-order valence-corrected chi connectivity index (χ0v) is 25.3. The minimum atomic E-state index is -3.83. The minimum absolute atomic E-state index is 0.0361. The van der Waals surface area contributed by atoms with Crippen molar-refractivity contribution >= 4 is 39.1 Å². The molecule has 0 saturated heterocycles. The first kappa shape index (κ1) is 31.2. The molecule has 40 heavy (non-hydrogen) atoms. The first-order valence-electron chi connectivity index (χ1n) is 13.3. The Kier molecular flexibility index (Phi) is 10.8. The maximum absolute atomic E-state index is 14.2. The lowest BCUT2D eigenvalue weighted by molar-refractivity contribution is -0.140. The van der Waals surface area contributed by atoms with Crippen molar-refractivity contribution in [2.45, 2.75) is 59.2 Å². The zero-order chi connectivity index (χ0) is 29.4.